The van der Waals surface area contributed by atoms with E-state index < -0.39 is 0 Å². The first-order chi connectivity index (χ1) is 6.31. The second-order valence-electron chi connectivity index (χ2n) is 2.34. The van der Waals surface area contributed by atoms with E-state index in [-0.39, 0.29) is 12.5 Å². The van der Waals surface area contributed by atoms with Crippen LogP contribution in [0.15, 0.2) is 0 Å². The Hall–Kier alpha value is -1.05. The Balaban J connectivity index is 3.13. The topological polar surface area (TPSA) is 47.6 Å². The molecular weight excluding hydrogens is 170 g/mol. The molecule has 0 unspecified atom stereocenters. The zero-order chi connectivity index (χ0) is 9.94. The van der Waals surface area contributed by atoms with Gasteiger partial charge in [-0.1, -0.05) is 5.92 Å². The van der Waals surface area contributed by atoms with Crippen molar-refractivity contribution in [2.75, 3.05) is 33.5 Å². The molecule has 0 aromatic rings. The Kier molecular flexibility index (Phi) is 8.31. The molecule has 4 heteroatoms. The summed E-state index contributed by atoms with van der Waals surface area (Å²) in [5, 5.41) is 2.54. The minimum Gasteiger partial charge on any atom is -0.382 e. The lowest BCUT2D eigenvalue weighted by molar-refractivity contribution is -0.122. The van der Waals surface area contributed by atoms with E-state index in [0.29, 0.717) is 26.2 Å². The van der Waals surface area contributed by atoms with Crippen LogP contribution in [0.25, 0.3) is 0 Å². The van der Waals surface area contributed by atoms with Crippen molar-refractivity contribution in [1.82, 2.24) is 5.32 Å². The van der Waals surface area contributed by atoms with Gasteiger partial charge in [0.1, 0.15) is 0 Å². The summed E-state index contributed by atoms with van der Waals surface area (Å²) < 4.78 is 9.85. The maximum atomic E-state index is 10.9. The lowest BCUT2D eigenvalue weighted by Gasteiger charge is -2.03. The third-order valence-corrected chi connectivity index (χ3v) is 1.29. The number of amides is 1. The van der Waals surface area contributed by atoms with E-state index >= 15 is 0 Å². The average molecular weight is 185 g/mol. The van der Waals surface area contributed by atoms with Crippen LogP contribution in [0.4, 0.5) is 0 Å². The summed E-state index contributed by atoms with van der Waals surface area (Å²) in [5.41, 5.74) is 0. The third-order valence-electron chi connectivity index (χ3n) is 1.29. The van der Waals surface area contributed by atoms with Crippen LogP contribution in [-0.4, -0.2) is 39.4 Å². The summed E-state index contributed by atoms with van der Waals surface area (Å²) in [6, 6.07) is 0. The molecule has 4 nitrogen and oxygen atoms in total. The van der Waals surface area contributed by atoms with Gasteiger partial charge in [0.2, 0.25) is 5.91 Å². The summed E-state index contributed by atoms with van der Waals surface area (Å²) in [5.74, 6) is 2.23. The Labute approximate surface area is 78.6 Å². The second-order valence-corrected chi connectivity index (χ2v) is 2.34. The number of hydrogen-bond donors (Lipinski definition) is 1. The van der Waals surface area contributed by atoms with E-state index in [9.17, 15) is 4.79 Å². The molecule has 13 heavy (non-hydrogen) atoms. The highest BCUT2D eigenvalue weighted by Gasteiger charge is 1.98. The molecule has 0 heterocycles. The van der Waals surface area contributed by atoms with Crippen molar-refractivity contribution in [2.24, 2.45) is 0 Å². The molecule has 0 saturated heterocycles. The molecule has 0 aliphatic heterocycles. The van der Waals surface area contributed by atoms with Gasteiger partial charge in [-0.15, -0.1) is 6.42 Å². The van der Waals surface area contributed by atoms with E-state index in [1.54, 1.807) is 7.11 Å². The number of hydrogen-bond acceptors (Lipinski definition) is 3. The molecule has 0 aliphatic carbocycles. The first-order valence-electron chi connectivity index (χ1n) is 4.08. The first kappa shape index (κ1) is 11.9. The fraction of sp³-hybridized carbons (Fsp3) is 0.667. The van der Waals surface area contributed by atoms with Crippen molar-refractivity contribution in [3.8, 4) is 12.3 Å². The standard InChI is InChI=1S/C9H15NO3/c1-3-5-10-9(11)4-6-13-8-7-12-2/h1H,4-8H2,2H3,(H,10,11). The number of nitrogens with one attached hydrogen (secondary N) is 1. The minimum absolute atomic E-state index is 0.0876. The van der Waals surface area contributed by atoms with Crippen molar-refractivity contribution in [1.29, 1.82) is 0 Å². The molecule has 0 spiro atoms. The fourth-order valence-corrected chi connectivity index (χ4v) is 0.647. The molecular formula is C9H15NO3. The van der Waals surface area contributed by atoms with Gasteiger partial charge in [-0.05, 0) is 0 Å². The lowest BCUT2D eigenvalue weighted by Crippen LogP contribution is -2.24. The fourth-order valence-electron chi connectivity index (χ4n) is 0.647. The van der Waals surface area contributed by atoms with Gasteiger partial charge < -0.3 is 14.8 Å². The quantitative estimate of drug-likeness (QED) is 0.441. The summed E-state index contributed by atoms with van der Waals surface area (Å²) in [6.45, 7) is 1.74. The van der Waals surface area contributed by atoms with Crippen LogP contribution < -0.4 is 5.32 Å². The van der Waals surface area contributed by atoms with Gasteiger partial charge >= 0.3 is 0 Å². The average Bonchev–Trinajstić information content (AvgIpc) is 2.14. The van der Waals surface area contributed by atoms with Crippen molar-refractivity contribution in [3.05, 3.63) is 0 Å². The van der Waals surface area contributed by atoms with Gasteiger partial charge in [0.05, 0.1) is 26.4 Å². The minimum atomic E-state index is -0.0876. The zero-order valence-corrected chi connectivity index (χ0v) is 7.84. The Bertz CT molecular complexity index is 174. The lowest BCUT2D eigenvalue weighted by atomic mass is 10.4. The van der Waals surface area contributed by atoms with Crippen LogP contribution in [0.5, 0.6) is 0 Å². The van der Waals surface area contributed by atoms with E-state index in [0.717, 1.165) is 0 Å². The molecule has 0 bridgehead atoms. The number of rotatable bonds is 7. The molecule has 0 aromatic carbocycles. The number of ether oxygens (including phenoxy) is 2. The van der Waals surface area contributed by atoms with Gasteiger partial charge in [0.15, 0.2) is 0 Å². The summed E-state index contributed by atoms with van der Waals surface area (Å²) in [7, 11) is 1.60. The maximum absolute atomic E-state index is 10.9. The second kappa shape index (κ2) is 9.04. The van der Waals surface area contributed by atoms with E-state index in [1.165, 1.54) is 0 Å². The SMILES string of the molecule is C#CCNC(=O)CCOCCOC. The van der Waals surface area contributed by atoms with Crippen molar-refractivity contribution in [2.45, 2.75) is 6.42 Å². The Morgan fingerprint density at radius 3 is 2.85 bits per heavy atom. The summed E-state index contributed by atoms with van der Waals surface area (Å²) in [6.07, 6.45) is 5.30. The van der Waals surface area contributed by atoms with Crippen LogP contribution in [0.2, 0.25) is 0 Å². The summed E-state index contributed by atoms with van der Waals surface area (Å²) in [4.78, 5) is 10.9. The highest BCUT2D eigenvalue weighted by molar-refractivity contribution is 5.76. The van der Waals surface area contributed by atoms with Crippen molar-refractivity contribution in [3.63, 3.8) is 0 Å². The number of carbonyl (C=O) groups excluding carboxylic acids is 1. The van der Waals surface area contributed by atoms with Crippen LogP contribution in [0.1, 0.15) is 6.42 Å². The molecule has 74 valence electrons. The van der Waals surface area contributed by atoms with Gasteiger partial charge in [-0.25, -0.2) is 0 Å². The van der Waals surface area contributed by atoms with Crippen LogP contribution in [0.3, 0.4) is 0 Å². The van der Waals surface area contributed by atoms with Crippen LogP contribution in [0, 0.1) is 12.3 Å². The van der Waals surface area contributed by atoms with Gasteiger partial charge in [-0.2, -0.15) is 0 Å². The Morgan fingerprint density at radius 1 is 1.46 bits per heavy atom. The molecule has 0 aromatic heterocycles. The number of methoxy groups -OCH3 is 1. The zero-order valence-electron chi connectivity index (χ0n) is 7.84. The summed E-state index contributed by atoms with van der Waals surface area (Å²) >= 11 is 0. The molecule has 1 amide bonds. The maximum Gasteiger partial charge on any atom is 0.223 e. The molecule has 0 fully saturated rings. The predicted octanol–water partition coefficient (Wildman–Crippen LogP) is -0.211. The molecule has 0 radical (unpaired) electrons. The highest BCUT2D eigenvalue weighted by Crippen LogP contribution is 1.83. The normalized spacial score (nSPS) is 9.23. The first-order valence-corrected chi connectivity index (χ1v) is 4.08. The van der Waals surface area contributed by atoms with Crippen molar-refractivity contribution < 1.29 is 14.3 Å². The monoisotopic (exact) mass is 185 g/mol. The molecule has 0 rings (SSSR count). The molecule has 0 saturated carbocycles. The van der Waals surface area contributed by atoms with E-state index in [4.69, 9.17) is 15.9 Å². The molecule has 1 N–H and O–H groups in total. The van der Waals surface area contributed by atoms with Crippen molar-refractivity contribution >= 4 is 5.91 Å². The predicted molar refractivity (Wildman–Crippen MR) is 49.2 cm³/mol. The van der Waals surface area contributed by atoms with Crippen LogP contribution in [-0.2, 0) is 14.3 Å². The third kappa shape index (κ3) is 8.86. The largest absolute Gasteiger partial charge is 0.382 e. The number of carbonyl (C=O) groups is 1. The van der Waals surface area contributed by atoms with Gasteiger partial charge in [0, 0.05) is 13.5 Å². The number of terminal acetylenes is 1. The molecule has 0 atom stereocenters. The van der Waals surface area contributed by atoms with Crippen LogP contribution >= 0.6 is 0 Å². The smallest absolute Gasteiger partial charge is 0.223 e. The van der Waals surface area contributed by atoms with E-state index in [2.05, 4.69) is 11.2 Å². The van der Waals surface area contributed by atoms with Gasteiger partial charge in [0.25, 0.3) is 0 Å². The Morgan fingerprint density at radius 2 is 2.23 bits per heavy atom. The van der Waals surface area contributed by atoms with E-state index in [1.807, 2.05) is 0 Å². The van der Waals surface area contributed by atoms with Gasteiger partial charge in [-0.3, -0.25) is 4.79 Å². The highest BCUT2D eigenvalue weighted by atomic mass is 16.5. The molecule has 0 aliphatic rings.